The average Bonchev–Trinajstić information content (AvgIpc) is 2.01. The predicted octanol–water partition coefficient (Wildman–Crippen LogP) is 1.99. The van der Waals surface area contributed by atoms with Crippen LogP contribution in [-0.4, -0.2) is 10.7 Å². The van der Waals surface area contributed by atoms with Gasteiger partial charge in [-0.25, -0.2) is 4.39 Å². The van der Waals surface area contributed by atoms with Crippen LogP contribution in [0.4, 0.5) is 4.39 Å². The lowest BCUT2D eigenvalue weighted by atomic mass is 9.94. The minimum Gasteiger partial charge on any atom is -0.390 e. The summed E-state index contributed by atoms with van der Waals surface area (Å²) in [6.07, 6.45) is 0.341. The quantitative estimate of drug-likeness (QED) is 0.778. The van der Waals surface area contributed by atoms with Crippen LogP contribution in [0.1, 0.15) is 31.9 Å². The lowest BCUT2D eigenvalue weighted by molar-refractivity contribution is 0.0632. The third kappa shape index (κ3) is 3.09. The molecule has 0 fully saturated rings. The van der Waals surface area contributed by atoms with E-state index in [0.29, 0.717) is 12.0 Å². The topological polar surface area (TPSA) is 46.2 Å². The number of rotatable bonds is 3. The van der Waals surface area contributed by atoms with Gasteiger partial charge in [-0.05, 0) is 26.3 Å². The minimum absolute atomic E-state index is 0.316. The van der Waals surface area contributed by atoms with Gasteiger partial charge in [0.1, 0.15) is 5.82 Å². The first-order chi connectivity index (χ1) is 6.40. The largest absolute Gasteiger partial charge is 0.390 e. The zero-order chi connectivity index (χ0) is 10.8. The summed E-state index contributed by atoms with van der Waals surface area (Å²) in [6, 6.07) is 5.92. The summed E-state index contributed by atoms with van der Waals surface area (Å²) in [5, 5.41) is 9.54. The van der Waals surface area contributed by atoms with Crippen molar-refractivity contribution in [1.82, 2.24) is 0 Å². The fraction of sp³-hybridized carbons (Fsp3) is 0.455. The summed E-state index contributed by atoms with van der Waals surface area (Å²) in [6.45, 7) is 3.32. The molecular formula is C11H16FNO. The smallest absolute Gasteiger partial charge is 0.127 e. The van der Waals surface area contributed by atoms with Gasteiger partial charge in [0.15, 0.2) is 0 Å². The molecule has 0 aromatic heterocycles. The van der Waals surface area contributed by atoms with Gasteiger partial charge in [-0.15, -0.1) is 0 Å². The molecule has 0 spiro atoms. The molecule has 0 radical (unpaired) electrons. The molecule has 1 rings (SSSR count). The van der Waals surface area contributed by atoms with Crippen molar-refractivity contribution in [3.8, 4) is 0 Å². The molecule has 1 unspecified atom stereocenters. The molecule has 0 amide bonds. The Kier molecular flexibility index (Phi) is 3.24. The van der Waals surface area contributed by atoms with Crippen LogP contribution in [0.2, 0.25) is 0 Å². The van der Waals surface area contributed by atoms with Crippen molar-refractivity contribution >= 4 is 0 Å². The van der Waals surface area contributed by atoms with Gasteiger partial charge in [-0.1, -0.05) is 18.2 Å². The highest BCUT2D eigenvalue weighted by molar-refractivity contribution is 5.21. The van der Waals surface area contributed by atoms with Crippen LogP contribution in [0.25, 0.3) is 0 Å². The van der Waals surface area contributed by atoms with Gasteiger partial charge in [-0.3, -0.25) is 0 Å². The van der Waals surface area contributed by atoms with E-state index in [1.807, 2.05) is 0 Å². The molecule has 0 aliphatic rings. The Balaban J connectivity index is 2.80. The van der Waals surface area contributed by atoms with Crippen LogP contribution in [0, 0.1) is 5.82 Å². The molecular weight excluding hydrogens is 181 g/mol. The summed E-state index contributed by atoms with van der Waals surface area (Å²) >= 11 is 0. The first-order valence-electron chi connectivity index (χ1n) is 4.62. The average molecular weight is 197 g/mol. The Morgan fingerprint density at radius 2 is 2.00 bits per heavy atom. The van der Waals surface area contributed by atoms with Gasteiger partial charge in [0, 0.05) is 11.6 Å². The first-order valence-corrected chi connectivity index (χ1v) is 4.62. The molecule has 78 valence electrons. The maximum absolute atomic E-state index is 13.3. The van der Waals surface area contributed by atoms with E-state index in [1.165, 1.54) is 6.07 Å². The van der Waals surface area contributed by atoms with E-state index in [-0.39, 0.29) is 5.82 Å². The fourth-order valence-electron chi connectivity index (χ4n) is 1.42. The van der Waals surface area contributed by atoms with E-state index in [1.54, 1.807) is 32.0 Å². The van der Waals surface area contributed by atoms with Gasteiger partial charge in [0.25, 0.3) is 0 Å². The Labute approximate surface area is 83.6 Å². The number of hydrogen-bond acceptors (Lipinski definition) is 2. The highest BCUT2D eigenvalue weighted by Gasteiger charge is 2.20. The Morgan fingerprint density at radius 1 is 1.43 bits per heavy atom. The van der Waals surface area contributed by atoms with Gasteiger partial charge in [0.2, 0.25) is 0 Å². The molecule has 1 aromatic rings. The zero-order valence-corrected chi connectivity index (χ0v) is 8.50. The van der Waals surface area contributed by atoms with Gasteiger partial charge < -0.3 is 10.8 Å². The summed E-state index contributed by atoms with van der Waals surface area (Å²) in [7, 11) is 0. The second-order valence-corrected chi connectivity index (χ2v) is 4.14. The maximum Gasteiger partial charge on any atom is 0.127 e. The summed E-state index contributed by atoms with van der Waals surface area (Å²) < 4.78 is 13.3. The predicted molar refractivity (Wildman–Crippen MR) is 54.2 cm³/mol. The highest BCUT2D eigenvalue weighted by atomic mass is 19.1. The third-order valence-corrected chi connectivity index (χ3v) is 2.02. The van der Waals surface area contributed by atoms with Crippen molar-refractivity contribution in [1.29, 1.82) is 0 Å². The number of nitrogens with two attached hydrogens (primary N) is 1. The number of benzene rings is 1. The van der Waals surface area contributed by atoms with Crippen molar-refractivity contribution in [3.05, 3.63) is 35.6 Å². The molecule has 0 saturated heterocycles. The molecule has 0 bridgehead atoms. The van der Waals surface area contributed by atoms with Crippen LogP contribution < -0.4 is 5.73 Å². The van der Waals surface area contributed by atoms with E-state index in [4.69, 9.17) is 5.73 Å². The molecule has 0 heterocycles. The molecule has 0 saturated carbocycles. The third-order valence-electron chi connectivity index (χ3n) is 2.02. The van der Waals surface area contributed by atoms with Crippen LogP contribution >= 0.6 is 0 Å². The Morgan fingerprint density at radius 3 is 2.50 bits per heavy atom. The standard InChI is InChI=1S/C11H16FNO/c1-11(2,14)7-10(13)8-5-3-4-6-9(8)12/h3-6,10,14H,7,13H2,1-2H3. The number of halogens is 1. The molecule has 0 aliphatic carbocycles. The van der Waals surface area contributed by atoms with E-state index >= 15 is 0 Å². The Bertz CT molecular complexity index is 306. The first kappa shape index (κ1) is 11.1. The van der Waals surface area contributed by atoms with Crippen LogP contribution in [-0.2, 0) is 0 Å². The van der Waals surface area contributed by atoms with Crippen molar-refractivity contribution in [2.45, 2.75) is 31.9 Å². The van der Waals surface area contributed by atoms with Crippen molar-refractivity contribution in [3.63, 3.8) is 0 Å². The molecule has 0 aliphatic heterocycles. The molecule has 1 atom stereocenters. The molecule has 3 N–H and O–H groups in total. The fourth-order valence-corrected chi connectivity index (χ4v) is 1.42. The van der Waals surface area contributed by atoms with Gasteiger partial charge in [-0.2, -0.15) is 0 Å². The maximum atomic E-state index is 13.3. The molecule has 1 aromatic carbocycles. The zero-order valence-electron chi connectivity index (χ0n) is 8.50. The monoisotopic (exact) mass is 197 g/mol. The molecule has 3 heteroatoms. The summed E-state index contributed by atoms with van der Waals surface area (Å²) in [5.74, 6) is -0.316. The second kappa shape index (κ2) is 4.07. The van der Waals surface area contributed by atoms with E-state index in [0.717, 1.165) is 0 Å². The van der Waals surface area contributed by atoms with Crippen molar-refractivity contribution in [2.75, 3.05) is 0 Å². The molecule has 14 heavy (non-hydrogen) atoms. The van der Waals surface area contributed by atoms with E-state index in [9.17, 15) is 9.50 Å². The van der Waals surface area contributed by atoms with Crippen LogP contribution in [0.3, 0.4) is 0 Å². The summed E-state index contributed by atoms with van der Waals surface area (Å²) in [5.41, 5.74) is 5.36. The lowest BCUT2D eigenvalue weighted by Crippen LogP contribution is -2.26. The minimum atomic E-state index is -0.873. The number of hydrogen-bond donors (Lipinski definition) is 2. The normalized spacial score (nSPS) is 14.1. The molecule has 2 nitrogen and oxygen atoms in total. The summed E-state index contributed by atoms with van der Waals surface area (Å²) in [4.78, 5) is 0. The van der Waals surface area contributed by atoms with Crippen molar-refractivity contribution in [2.24, 2.45) is 5.73 Å². The highest BCUT2D eigenvalue weighted by Crippen LogP contribution is 2.23. The van der Waals surface area contributed by atoms with E-state index in [2.05, 4.69) is 0 Å². The van der Waals surface area contributed by atoms with Gasteiger partial charge in [0.05, 0.1) is 5.60 Å². The SMILES string of the molecule is CC(C)(O)CC(N)c1ccccc1F. The van der Waals surface area contributed by atoms with Crippen LogP contribution in [0.5, 0.6) is 0 Å². The number of aliphatic hydroxyl groups is 1. The second-order valence-electron chi connectivity index (χ2n) is 4.14. The van der Waals surface area contributed by atoms with E-state index < -0.39 is 11.6 Å². The van der Waals surface area contributed by atoms with Gasteiger partial charge >= 0.3 is 0 Å². The van der Waals surface area contributed by atoms with Crippen LogP contribution in [0.15, 0.2) is 24.3 Å². The lowest BCUT2D eigenvalue weighted by Gasteiger charge is -2.22. The van der Waals surface area contributed by atoms with Crippen molar-refractivity contribution < 1.29 is 9.50 Å². The Hall–Kier alpha value is -0.930.